The molecule has 3 aromatic carbocycles. The Balaban J connectivity index is 1.40. The van der Waals surface area contributed by atoms with Crippen molar-refractivity contribution in [1.82, 2.24) is 9.21 Å². The average Bonchev–Trinajstić information content (AvgIpc) is 3.08. The van der Waals surface area contributed by atoms with Gasteiger partial charge in [0.15, 0.2) is 0 Å². The van der Waals surface area contributed by atoms with Crippen molar-refractivity contribution in [2.75, 3.05) is 26.2 Å². The molecule has 0 N–H and O–H groups in total. The maximum atomic E-state index is 13.1. The minimum Gasteiger partial charge on any atom is -0.290 e. The van der Waals surface area contributed by atoms with Gasteiger partial charge < -0.3 is 0 Å². The van der Waals surface area contributed by atoms with E-state index in [0.717, 1.165) is 4.47 Å². The predicted molar refractivity (Wildman–Crippen MR) is 118 cm³/mol. The van der Waals surface area contributed by atoms with Crippen molar-refractivity contribution in [2.45, 2.75) is 10.9 Å². The first-order chi connectivity index (χ1) is 14.1. The van der Waals surface area contributed by atoms with Gasteiger partial charge in [-0.2, -0.15) is 4.31 Å². The maximum absolute atomic E-state index is 13.1. The molecule has 0 bridgehead atoms. The zero-order chi connectivity index (χ0) is 20.0. The first-order valence-electron chi connectivity index (χ1n) is 9.74. The molecular formula is C23H21BrN2O2S. The number of rotatable bonds is 3. The standard InChI is InChI=1S/C23H21BrN2O2S/c24-17-6-5-7-18(16-17)29(27,28)26-14-12-25(13-15-26)23-21-10-3-1-8-19(21)20-9-2-4-11-22(20)23/h1-11,16,23H,12-15H2. The van der Waals surface area contributed by atoms with Crippen LogP contribution >= 0.6 is 15.9 Å². The lowest BCUT2D eigenvalue weighted by Crippen LogP contribution is -2.49. The molecule has 2 aliphatic rings. The minimum absolute atomic E-state index is 0.193. The summed E-state index contributed by atoms with van der Waals surface area (Å²) in [4.78, 5) is 2.76. The monoisotopic (exact) mass is 468 g/mol. The van der Waals surface area contributed by atoms with E-state index in [1.54, 1.807) is 22.5 Å². The lowest BCUT2D eigenvalue weighted by Gasteiger charge is -2.38. The van der Waals surface area contributed by atoms with Gasteiger partial charge in [0.2, 0.25) is 10.0 Å². The molecule has 1 aliphatic carbocycles. The lowest BCUT2D eigenvalue weighted by molar-refractivity contribution is 0.158. The Kier molecular flexibility index (Phi) is 4.82. The highest BCUT2D eigenvalue weighted by atomic mass is 79.9. The molecule has 29 heavy (non-hydrogen) atoms. The summed E-state index contributed by atoms with van der Waals surface area (Å²) in [5.74, 6) is 0. The van der Waals surface area contributed by atoms with Crippen molar-refractivity contribution < 1.29 is 8.42 Å². The fourth-order valence-electron chi connectivity index (χ4n) is 4.50. The molecule has 0 spiro atoms. The normalized spacial score (nSPS) is 17.8. The van der Waals surface area contributed by atoms with Crippen LogP contribution in [0, 0.1) is 0 Å². The molecule has 0 aromatic heterocycles. The van der Waals surface area contributed by atoms with Crippen molar-refractivity contribution in [3.05, 3.63) is 88.4 Å². The summed E-state index contributed by atoms with van der Waals surface area (Å²) in [5, 5.41) is 0. The summed E-state index contributed by atoms with van der Waals surface area (Å²) in [7, 11) is -3.48. The molecule has 6 heteroatoms. The molecule has 1 heterocycles. The number of nitrogens with zero attached hydrogens (tertiary/aromatic N) is 2. The average molecular weight is 469 g/mol. The van der Waals surface area contributed by atoms with Crippen molar-refractivity contribution in [3.63, 3.8) is 0 Å². The van der Waals surface area contributed by atoms with Gasteiger partial charge in [0.1, 0.15) is 0 Å². The highest BCUT2D eigenvalue weighted by Crippen LogP contribution is 2.46. The SMILES string of the molecule is O=S(=O)(c1cccc(Br)c1)N1CCN(C2c3ccccc3-c3ccccc32)CC1. The summed E-state index contributed by atoms with van der Waals surface area (Å²) in [6.07, 6.45) is 0. The molecule has 3 aromatic rings. The number of hydrogen-bond donors (Lipinski definition) is 0. The Morgan fingerprint density at radius 1 is 0.759 bits per heavy atom. The summed E-state index contributed by atoms with van der Waals surface area (Å²) < 4.78 is 28.5. The fourth-order valence-corrected chi connectivity index (χ4v) is 6.52. The van der Waals surface area contributed by atoms with E-state index in [9.17, 15) is 8.42 Å². The minimum atomic E-state index is -3.48. The van der Waals surface area contributed by atoms with Crippen molar-refractivity contribution in [3.8, 4) is 11.1 Å². The highest BCUT2D eigenvalue weighted by molar-refractivity contribution is 9.10. The van der Waals surface area contributed by atoms with E-state index in [0.29, 0.717) is 31.1 Å². The fraction of sp³-hybridized carbons (Fsp3) is 0.217. The van der Waals surface area contributed by atoms with E-state index in [-0.39, 0.29) is 6.04 Å². The van der Waals surface area contributed by atoms with Crippen LogP contribution in [0.2, 0.25) is 0 Å². The van der Waals surface area contributed by atoms with Crippen LogP contribution in [0.25, 0.3) is 11.1 Å². The van der Waals surface area contributed by atoms with Gasteiger partial charge in [-0.1, -0.05) is 70.5 Å². The van der Waals surface area contributed by atoms with Gasteiger partial charge in [-0.3, -0.25) is 4.90 Å². The molecule has 1 aliphatic heterocycles. The zero-order valence-corrected chi connectivity index (χ0v) is 18.2. The molecule has 0 atom stereocenters. The number of sulfonamides is 1. The van der Waals surface area contributed by atoms with Gasteiger partial charge in [-0.25, -0.2) is 8.42 Å². The van der Waals surface area contributed by atoms with Crippen molar-refractivity contribution >= 4 is 26.0 Å². The van der Waals surface area contributed by atoms with Gasteiger partial charge in [-0.15, -0.1) is 0 Å². The summed E-state index contributed by atoms with van der Waals surface area (Å²) in [5.41, 5.74) is 5.21. The first-order valence-corrected chi connectivity index (χ1v) is 12.0. The summed E-state index contributed by atoms with van der Waals surface area (Å²) in [6.45, 7) is 2.41. The Hall–Kier alpha value is -1.99. The van der Waals surface area contributed by atoms with E-state index in [4.69, 9.17) is 0 Å². The predicted octanol–water partition coefficient (Wildman–Crippen LogP) is 4.53. The Morgan fingerprint density at radius 3 is 1.93 bits per heavy atom. The molecule has 0 radical (unpaired) electrons. The highest BCUT2D eigenvalue weighted by Gasteiger charge is 2.36. The van der Waals surface area contributed by atoms with Crippen molar-refractivity contribution in [1.29, 1.82) is 0 Å². The van der Waals surface area contributed by atoms with Crippen LogP contribution in [0.4, 0.5) is 0 Å². The van der Waals surface area contributed by atoms with E-state index in [1.165, 1.54) is 22.3 Å². The third-order valence-electron chi connectivity index (χ3n) is 5.87. The van der Waals surface area contributed by atoms with Crippen LogP contribution in [0.3, 0.4) is 0 Å². The molecule has 0 amide bonds. The first kappa shape index (κ1) is 19.0. The van der Waals surface area contributed by atoms with Crippen LogP contribution in [0.15, 0.2) is 82.2 Å². The molecule has 0 saturated carbocycles. The van der Waals surface area contributed by atoms with Gasteiger partial charge in [0.05, 0.1) is 10.9 Å². The smallest absolute Gasteiger partial charge is 0.243 e. The number of benzene rings is 3. The van der Waals surface area contributed by atoms with E-state index >= 15 is 0 Å². The summed E-state index contributed by atoms with van der Waals surface area (Å²) in [6, 6.07) is 24.2. The second-order valence-corrected chi connectivity index (χ2v) is 10.3. The Bertz CT molecular complexity index is 1130. The van der Waals surface area contributed by atoms with E-state index < -0.39 is 10.0 Å². The molecule has 0 unspecified atom stereocenters. The topological polar surface area (TPSA) is 40.6 Å². The van der Waals surface area contributed by atoms with Crippen LogP contribution in [0.5, 0.6) is 0 Å². The maximum Gasteiger partial charge on any atom is 0.243 e. The number of hydrogen-bond acceptors (Lipinski definition) is 3. The Labute approximate surface area is 180 Å². The lowest BCUT2D eigenvalue weighted by atomic mass is 10.0. The number of fused-ring (bicyclic) bond motifs is 3. The molecule has 5 rings (SSSR count). The third-order valence-corrected chi connectivity index (χ3v) is 8.26. The molecular weight excluding hydrogens is 448 g/mol. The molecule has 148 valence electrons. The van der Waals surface area contributed by atoms with Gasteiger partial charge in [0, 0.05) is 30.7 Å². The van der Waals surface area contributed by atoms with Crippen LogP contribution in [0.1, 0.15) is 17.2 Å². The van der Waals surface area contributed by atoms with Gasteiger partial charge in [0.25, 0.3) is 0 Å². The third kappa shape index (κ3) is 3.24. The van der Waals surface area contributed by atoms with E-state index in [2.05, 4.69) is 69.4 Å². The number of piperazine rings is 1. The second-order valence-electron chi connectivity index (χ2n) is 7.47. The quantitative estimate of drug-likeness (QED) is 0.566. The zero-order valence-electron chi connectivity index (χ0n) is 15.8. The van der Waals surface area contributed by atoms with Crippen LogP contribution in [-0.2, 0) is 10.0 Å². The van der Waals surface area contributed by atoms with Gasteiger partial charge >= 0.3 is 0 Å². The van der Waals surface area contributed by atoms with Crippen molar-refractivity contribution in [2.24, 2.45) is 0 Å². The van der Waals surface area contributed by atoms with Crippen LogP contribution in [-0.4, -0.2) is 43.8 Å². The second kappa shape index (κ2) is 7.36. The van der Waals surface area contributed by atoms with E-state index in [1.807, 2.05) is 6.07 Å². The largest absolute Gasteiger partial charge is 0.290 e. The number of halogens is 1. The molecule has 1 fully saturated rings. The molecule has 4 nitrogen and oxygen atoms in total. The summed E-state index contributed by atoms with van der Waals surface area (Å²) >= 11 is 3.37. The Morgan fingerprint density at radius 2 is 1.34 bits per heavy atom. The molecule has 1 saturated heterocycles. The van der Waals surface area contributed by atoms with Gasteiger partial charge in [-0.05, 0) is 40.5 Å². The van der Waals surface area contributed by atoms with Crippen LogP contribution < -0.4 is 0 Å².